The zero-order valence-corrected chi connectivity index (χ0v) is 15.5. The Kier molecular flexibility index (Phi) is 4.67. The molecule has 3 fully saturated rings. The Balaban J connectivity index is 1.64. The zero-order valence-electron chi connectivity index (χ0n) is 15.5. The minimum absolute atomic E-state index is 0.149. The molecule has 1 saturated heterocycles. The molecule has 1 heterocycles. The maximum absolute atomic E-state index is 10.2. The van der Waals surface area contributed by atoms with Crippen molar-refractivity contribution in [2.24, 2.45) is 5.92 Å². The van der Waals surface area contributed by atoms with Crippen molar-refractivity contribution >= 4 is 0 Å². The summed E-state index contributed by atoms with van der Waals surface area (Å²) in [7, 11) is 2.20. The van der Waals surface area contributed by atoms with E-state index in [0.29, 0.717) is 12.6 Å². The molecule has 0 amide bonds. The topological polar surface area (TPSA) is 41.9 Å². The van der Waals surface area contributed by atoms with Gasteiger partial charge in [0, 0.05) is 11.5 Å². The summed E-state index contributed by atoms with van der Waals surface area (Å²) in [5.41, 5.74) is 1.51. The highest BCUT2D eigenvalue weighted by Gasteiger charge is 2.50. The molecule has 0 radical (unpaired) electrons. The van der Waals surface area contributed by atoms with Crippen molar-refractivity contribution in [2.45, 2.75) is 63.0 Å². The van der Waals surface area contributed by atoms with Crippen molar-refractivity contribution in [3.8, 4) is 11.5 Å². The summed E-state index contributed by atoms with van der Waals surface area (Å²) in [6, 6.07) is 6.98. The summed E-state index contributed by atoms with van der Waals surface area (Å²) < 4.78 is 12.0. The number of aliphatic hydroxyl groups is 1. The van der Waals surface area contributed by atoms with Gasteiger partial charge in [-0.15, -0.1) is 0 Å². The molecule has 0 bridgehead atoms. The van der Waals surface area contributed by atoms with E-state index in [9.17, 15) is 5.11 Å². The Morgan fingerprint density at radius 3 is 2.76 bits per heavy atom. The third-order valence-electron chi connectivity index (χ3n) is 6.49. The number of ether oxygens (including phenoxy) is 2. The largest absolute Gasteiger partial charge is 0.490 e. The van der Waals surface area contributed by atoms with Gasteiger partial charge in [0.1, 0.15) is 0 Å². The third-order valence-corrected chi connectivity index (χ3v) is 6.49. The molecule has 0 aromatic heterocycles. The smallest absolute Gasteiger partial charge is 0.161 e. The van der Waals surface area contributed by atoms with Gasteiger partial charge in [-0.1, -0.05) is 6.07 Å². The summed E-state index contributed by atoms with van der Waals surface area (Å²) in [5, 5.41) is 10.2. The van der Waals surface area contributed by atoms with Crippen LogP contribution in [-0.4, -0.2) is 49.0 Å². The molecule has 3 aliphatic rings. The number of nitrogens with zero attached hydrogens (tertiary/aromatic N) is 1. The lowest BCUT2D eigenvalue weighted by Crippen LogP contribution is -2.47. The maximum atomic E-state index is 10.2. The van der Waals surface area contributed by atoms with Crippen LogP contribution in [0.2, 0.25) is 0 Å². The van der Waals surface area contributed by atoms with Crippen LogP contribution in [0.4, 0.5) is 0 Å². The third kappa shape index (κ3) is 3.26. The normalized spacial score (nSPS) is 32.4. The zero-order chi connectivity index (χ0) is 17.4. The highest BCUT2D eigenvalue weighted by molar-refractivity contribution is 5.46. The van der Waals surface area contributed by atoms with Crippen LogP contribution in [-0.2, 0) is 5.41 Å². The van der Waals surface area contributed by atoms with E-state index in [4.69, 9.17) is 9.47 Å². The van der Waals surface area contributed by atoms with Crippen LogP contribution in [0.25, 0.3) is 0 Å². The molecular weight excluding hydrogens is 314 g/mol. The quantitative estimate of drug-likeness (QED) is 0.858. The van der Waals surface area contributed by atoms with Gasteiger partial charge < -0.3 is 19.5 Å². The van der Waals surface area contributed by atoms with E-state index in [1.54, 1.807) is 0 Å². The van der Waals surface area contributed by atoms with E-state index in [1.165, 1.54) is 18.4 Å². The molecule has 138 valence electrons. The maximum Gasteiger partial charge on any atom is 0.161 e. The predicted octanol–water partition coefficient (Wildman–Crippen LogP) is 3.36. The number of benzene rings is 1. The number of hydrogen-bond acceptors (Lipinski definition) is 4. The first-order valence-corrected chi connectivity index (χ1v) is 9.91. The van der Waals surface area contributed by atoms with Crippen molar-refractivity contribution in [3.05, 3.63) is 23.8 Å². The molecule has 1 aliphatic heterocycles. The number of fused-ring (bicyclic) bond motifs is 1. The molecular formula is C21H31NO3. The molecule has 1 N–H and O–H groups in total. The standard InChI is InChI=1S/C21H31NO3/c1-3-24-18-7-6-16(12-19(18)25-14-15-4-5-15)21-9-8-17(23)13-20(21)22(2)11-10-21/h6-7,12,15,17,20,23H,3-5,8-11,13-14H2,1-2H3/t17-,20-,21-/m0/s1. The highest BCUT2D eigenvalue weighted by atomic mass is 16.5. The van der Waals surface area contributed by atoms with Crippen LogP contribution in [0.3, 0.4) is 0 Å². The molecule has 2 saturated carbocycles. The van der Waals surface area contributed by atoms with Crippen molar-refractivity contribution < 1.29 is 14.6 Å². The Bertz CT molecular complexity index is 615. The average Bonchev–Trinajstić information content (AvgIpc) is 3.39. The van der Waals surface area contributed by atoms with Crippen LogP contribution < -0.4 is 9.47 Å². The van der Waals surface area contributed by atoms with Crippen LogP contribution >= 0.6 is 0 Å². The van der Waals surface area contributed by atoms with E-state index in [0.717, 1.165) is 56.3 Å². The number of likely N-dealkylation sites (N-methyl/N-ethyl adjacent to an activating group) is 1. The van der Waals surface area contributed by atoms with Gasteiger partial charge in [-0.2, -0.15) is 0 Å². The van der Waals surface area contributed by atoms with Crippen molar-refractivity contribution in [2.75, 3.05) is 26.8 Å². The van der Waals surface area contributed by atoms with E-state index < -0.39 is 0 Å². The first kappa shape index (κ1) is 17.2. The molecule has 1 aromatic rings. The summed E-state index contributed by atoms with van der Waals surface area (Å²) >= 11 is 0. The second kappa shape index (κ2) is 6.81. The first-order chi connectivity index (χ1) is 12.1. The molecule has 3 atom stereocenters. The first-order valence-electron chi connectivity index (χ1n) is 9.91. The van der Waals surface area contributed by atoms with Gasteiger partial charge >= 0.3 is 0 Å². The minimum atomic E-state index is -0.160. The van der Waals surface area contributed by atoms with Gasteiger partial charge in [0.15, 0.2) is 11.5 Å². The van der Waals surface area contributed by atoms with E-state index in [-0.39, 0.29) is 11.5 Å². The van der Waals surface area contributed by atoms with Gasteiger partial charge in [-0.3, -0.25) is 0 Å². The number of hydrogen-bond donors (Lipinski definition) is 1. The monoisotopic (exact) mass is 345 g/mol. The van der Waals surface area contributed by atoms with Crippen molar-refractivity contribution in [3.63, 3.8) is 0 Å². The molecule has 25 heavy (non-hydrogen) atoms. The minimum Gasteiger partial charge on any atom is -0.490 e. The van der Waals surface area contributed by atoms with Crippen LogP contribution in [0, 0.1) is 5.92 Å². The lowest BCUT2D eigenvalue weighted by atomic mass is 9.65. The van der Waals surface area contributed by atoms with Gasteiger partial charge in [0.25, 0.3) is 0 Å². The Hall–Kier alpha value is -1.26. The van der Waals surface area contributed by atoms with Crippen molar-refractivity contribution in [1.82, 2.24) is 4.90 Å². The second-order valence-corrected chi connectivity index (χ2v) is 8.18. The molecule has 0 unspecified atom stereocenters. The fraction of sp³-hybridized carbons (Fsp3) is 0.714. The van der Waals surface area contributed by atoms with Gasteiger partial charge in [-0.25, -0.2) is 0 Å². The Morgan fingerprint density at radius 1 is 1.16 bits per heavy atom. The van der Waals surface area contributed by atoms with Crippen molar-refractivity contribution in [1.29, 1.82) is 0 Å². The average molecular weight is 345 g/mol. The molecule has 2 aliphatic carbocycles. The van der Waals surface area contributed by atoms with Gasteiger partial charge in [0.05, 0.1) is 19.3 Å². The fourth-order valence-electron chi connectivity index (χ4n) is 4.80. The summed E-state index contributed by atoms with van der Waals surface area (Å²) in [5.74, 6) is 2.49. The second-order valence-electron chi connectivity index (χ2n) is 8.18. The van der Waals surface area contributed by atoms with E-state index in [1.807, 2.05) is 6.92 Å². The SMILES string of the molecule is CCOc1ccc([C@@]23CC[C@H](O)C[C@@H]2N(C)CC3)cc1OCC1CC1. The Labute approximate surface area is 151 Å². The summed E-state index contributed by atoms with van der Waals surface area (Å²) in [6.45, 7) is 4.57. The van der Waals surface area contributed by atoms with Crippen LogP contribution in [0.15, 0.2) is 18.2 Å². The lowest BCUT2D eigenvalue weighted by molar-refractivity contribution is 0.0566. The lowest BCUT2D eigenvalue weighted by Gasteiger charge is -2.43. The number of aliphatic hydroxyl groups excluding tert-OH is 1. The predicted molar refractivity (Wildman–Crippen MR) is 98.4 cm³/mol. The molecule has 4 nitrogen and oxygen atoms in total. The summed E-state index contributed by atoms with van der Waals surface area (Å²) in [6.07, 6.45) is 6.41. The molecule has 0 spiro atoms. The van der Waals surface area contributed by atoms with Gasteiger partial charge in [0.2, 0.25) is 0 Å². The molecule has 4 heteroatoms. The van der Waals surface area contributed by atoms with Gasteiger partial charge in [-0.05, 0) is 82.7 Å². The number of rotatable bonds is 6. The van der Waals surface area contributed by atoms with E-state index >= 15 is 0 Å². The fourth-order valence-corrected chi connectivity index (χ4v) is 4.80. The summed E-state index contributed by atoms with van der Waals surface area (Å²) in [4.78, 5) is 2.43. The van der Waals surface area contributed by atoms with Crippen LogP contribution in [0.5, 0.6) is 11.5 Å². The van der Waals surface area contributed by atoms with Crippen LogP contribution in [0.1, 0.15) is 51.0 Å². The highest BCUT2D eigenvalue weighted by Crippen LogP contribution is 2.50. The number of likely N-dealkylation sites (tertiary alicyclic amines) is 1. The van der Waals surface area contributed by atoms with E-state index in [2.05, 4.69) is 30.1 Å². The molecule has 1 aromatic carbocycles. The Morgan fingerprint density at radius 2 is 2.00 bits per heavy atom. The molecule has 4 rings (SSSR count).